The van der Waals surface area contributed by atoms with E-state index in [0.29, 0.717) is 46.5 Å². The minimum atomic E-state index is -0.365. The molecule has 148 valence electrons. The maximum absolute atomic E-state index is 10.3. The molecule has 7 nitrogen and oxygen atoms in total. The molecule has 0 bridgehead atoms. The number of nitrogens with zero attached hydrogens (tertiary/aromatic N) is 3. The summed E-state index contributed by atoms with van der Waals surface area (Å²) in [6.45, 7) is 6.35. The van der Waals surface area contributed by atoms with Crippen molar-refractivity contribution >= 4 is 28.8 Å². The quantitative estimate of drug-likeness (QED) is 0.615. The van der Waals surface area contributed by atoms with E-state index in [1.165, 1.54) is 6.07 Å². The predicted molar refractivity (Wildman–Crippen MR) is 109 cm³/mol. The molecule has 8 heteroatoms. The number of anilines is 1. The van der Waals surface area contributed by atoms with Crippen LogP contribution in [0.5, 0.6) is 5.75 Å². The molecule has 1 aliphatic rings. The predicted octanol–water partition coefficient (Wildman–Crippen LogP) is 3.42. The van der Waals surface area contributed by atoms with Crippen molar-refractivity contribution < 1.29 is 14.6 Å². The standard InChI is InChI=1S/C20H23ClN4O3/c1-3-25-9-13(8-14(26)10-25)22-20-24-19-17(28-20)5-4-15(23-19)18-11(2)6-12(21)7-16(18)27/h4-7,13-14,26-27H,3,8-10H2,1-2H3,(H,22,23,24)/t13-,14?/m1/s1. The maximum Gasteiger partial charge on any atom is 0.297 e. The van der Waals surface area contributed by atoms with E-state index in [4.69, 9.17) is 16.0 Å². The summed E-state index contributed by atoms with van der Waals surface area (Å²) >= 11 is 5.99. The lowest BCUT2D eigenvalue weighted by Crippen LogP contribution is -2.48. The average molecular weight is 403 g/mol. The fraction of sp³-hybridized carbons (Fsp3) is 0.400. The van der Waals surface area contributed by atoms with Gasteiger partial charge in [-0.3, -0.25) is 4.90 Å². The van der Waals surface area contributed by atoms with Gasteiger partial charge in [-0.1, -0.05) is 18.5 Å². The molecule has 0 radical (unpaired) electrons. The number of phenolic OH excluding ortho intramolecular Hbond substituents is 1. The number of hydrogen-bond donors (Lipinski definition) is 3. The van der Waals surface area contributed by atoms with Gasteiger partial charge in [-0.05, 0) is 49.7 Å². The number of aryl methyl sites for hydroxylation is 1. The molecule has 0 spiro atoms. The summed E-state index contributed by atoms with van der Waals surface area (Å²) < 4.78 is 5.78. The average Bonchev–Trinajstić information content (AvgIpc) is 3.01. The van der Waals surface area contributed by atoms with Gasteiger partial charge in [-0.25, -0.2) is 4.98 Å². The largest absolute Gasteiger partial charge is 0.507 e. The Labute approximate surface area is 168 Å². The number of aromatic nitrogens is 2. The number of hydrogen-bond acceptors (Lipinski definition) is 7. The number of piperidine rings is 1. The van der Waals surface area contributed by atoms with E-state index in [0.717, 1.165) is 18.7 Å². The molecule has 3 aromatic rings. The number of β-amino-alcohol motifs (C(OH)–C–C–N with tert-alkyl or cyclic N) is 1. The summed E-state index contributed by atoms with van der Waals surface area (Å²) in [6.07, 6.45) is 0.280. The molecule has 1 aliphatic heterocycles. The van der Waals surface area contributed by atoms with Gasteiger partial charge < -0.3 is 19.9 Å². The van der Waals surface area contributed by atoms with Gasteiger partial charge in [-0.15, -0.1) is 0 Å². The third kappa shape index (κ3) is 3.78. The van der Waals surface area contributed by atoms with Crippen molar-refractivity contribution in [1.82, 2.24) is 14.9 Å². The van der Waals surface area contributed by atoms with Gasteiger partial charge >= 0.3 is 0 Å². The van der Waals surface area contributed by atoms with E-state index >= 15 is 0 Å². The van der Waals surface area contributed by atoms with E-state index in [-0.39, 0.29) is 17.9 Å². The number of rotatable bonds is 4. The number of aliphatic hydroxyl groups excluding tert-OH is 1. The highest BCUT2D eigenvalue weighted by molar-refractivity contribution is 6.31. The van der Waals surface area contributed by atoms with Gasteiger partial charge in [0.15, 0.2) is 5.58 Å². The van der Waals surface area contributed by atoms with Crippen LogP contribution in [0.25, 0.3) is 22.5 Å². The normalized spacial score (nSPS) is 20.6. The first-order valence-electron chi connectivity index (χ1n) is 9.37. The number of pyridine rings is 1. The minimum absolute atomic E-state index is 0.0544. The third-order valence-corrected chi connectivity index (χ3v) is 5.29. The number of likely N-dealkylation sites (tertiary alicyclic amines) is 1. The first kappa shape index (κ1) is 19.0. The fourth-order valence-corrected chi connectivity index (χ4v) is 4.04. The number of nitrogens with one attached hydrogen (secondary N) is 1. The maximum atomic E-state index is 10.3. The monoisotopic (exact) mass is 402 g/mol. The Hall–Kier alpha value is -2.35. The highest BCUT2D eigenvalue weighted by Gasteiger charge is 2.26. The minimum Gasteiger partial charge on any atom is -0.507 e. The van der Waals surface area contributed by atoms with Gasteiger partial charge in [0.2, 0.25) is 5.65 Å². The highest BCUT2D eigenvalue weighted by Crippen LogP contribution is 2.35. The first-order valence-corrected chi connectivity index (χ1v) is 9.74. The van der Waals surface area contributed by atoms with Gasteiger partial charge in [-0.2, -0.15) is 4.98 Å². The lowest BCUT2D eigenvalue weighted by molar-refractivity contribution is 0.0667. The van der Waals surface area contributed by atoms with Crippen LogP contribution in [0.15, 0.2) is 28.7 Å². The second-order valence-electron chi connectivity index (χ2n) is 7.24. The zero-order chi connectivity index (χ0) is 19.8. The van der Waals surface area contributed by atoms with Crippen LogP contribution < -0.4 is 5.32 Å². The van der Waals surface area contributed by atoms with E-state index in [1.54, 1.807) is 18.2 Å². The van der Waals surface area contributed by atoms with Crippen LogP contribution in [0, 0.1) is 6.92 Å². The zero-order valence-electron chi connectivity index (χ0n) is 15.8. The Bertz CT molecular complexity index is 983. The van der Waals surface area contributed by atoms with Gasteiger partial charge in [0.1, 0.15) is 5.75 Å². The highest BCUT2D eigenvalue weighted by atomic mass is 35.5. The lowest BCUT2D eigenvalue weighted by atomic mass is 10.0. The van der Waals surface area contributed by atoms with E-state index < -0.39 is 0 Å². The van der Waals surface area contributed by atoms with Crippen molar-refractivity contribution in [1.29, 1.82) is 0 Å². The van der Waals surface area contributed by atoms with Crippen LogP contribution in [0.2, 0.25) is 5.02 Å². The molecule has 3 N–H and O–H groups in total. The summed E-state index contributed by atoms with van der Waals surface area (Å²) in [5.41, 5.74) is 3.06. The Kier molecular flexibility index (Phi) is 5.14. The van der Waals surface area contributed by atoms with E-state index in [1.807, 2.05) is 6.92 Å². The van der Waals surface area contributed by atoms with Gasteiger partial charge in [0, 0.05) is 29.7 Å². The molecule has 0 aliphatic carbocycles. The number of fused-ring (bicyclic) bond motifs is 1. The van der Waals surface area contributed by atoms with E-state index in [2.05, 4.69) is 27.1 Å². The molecular weight excluding hydrogens is 380 g/mol. The number of phenols is 1. The van der Waals surface area contributed by atoms with Crippen molar-refractivity contribution in [3.8, 4) is 17.0 Å². The number of benzene rings is 1. The number of likely N-dealkylation sites (N-methyl/N-ethyl adjacent to an activating group) is 1. The van der Waals surface area contributed by atoms with Crippen molar-refractivity contribution in [3.05, 3.63) is 34.9 Å². The number of oxazole rings is 1. The molecular formula is C20H23ClN4O3. The first-order chi connectivity index (χ1) is 13.4. The van der Waals surface area contributed by atoms with Crippen molar-refractivity contribution in [2.45, 2.75) is 32.4 Å². The van der Waals surface area contributed by atoms with Crippen LogP contribution in [-0.4, -0.2) is 56.9 Å². The molecule has 2 aromatic heterocycles. The molecule has 1 aromatic carbocycles. The van der Waals surface area contributed by atoms with Crippen LogP contribution in [0.1, 0.15) is 18.9 Å². The molecule has 1 saturated heterocycles. The van der Waals surface area contributed by atoms with Crippen molar-refractivity contribution in [2.75, 3.05) is 25.0 Å². The Morgan fingerprint density at radius 2 is 2.11 bits per heavy atom. The van der Waals surface area contributed by atoms with E-state index in [9.17, 15) is 10.2 Å². The SMILES string of the molecule is CCN1CC(O)C[C@@H](Nc2nc3nc(-c4c(C)cc(Cl)cc4O)ccc3o2)C1. The third-order valence-electron chi connectivity index (χ3n) is 5.07. The number of aliphatic hydroxyl groups is 1. The van der Waals surface area contributed by atoms with Gasteiger partial charge in [0.25, 0.3) is 6.01 Å². The molecule has 4 rings (SSSR count). The second-order valence-corrected chi connectivity index (χ2v) is 7.67. The Morgan fingerprint density at radius 1 is 1.29 bits per heavy atom. The molecule has 1 fully saturated rings. The van der Waals surface area contributed by atoms with Crippen LogP contribution in [-0.2, 0) is 0 Å². The second kappa shape index (κ2) is 7.58. The molecule has 28 heavy (non-hydrogen) atoms. The summed E-state index contributed by atoms with van der Waals surface area (Å²) in [7, 11) is 0. The number of aromatic hydroxyl groups is 1. The summed E-state index contributed by atoms with van der Waals surface area (Å²) in [4.78, 5) is 11.2. The smallest absolute Gasteiger partial charge is 0.297 e. The summed E-state index contributed by atoms with van der Waals surface area (Å²) in [5.74, 6) is 0.0783. The fourth-order valence-electron chi connectivity index (χ4n) is 3.78. The van der Waals surface area contributed by atoms with Crippen LogP contribution >= 0.6 is 11.6 Å². The van der Waals surface area contributed by atoms with Crippen molar-refractivity contribution in [3.63, 3.8) is 0 Å². The molecule has 0 saturated carbocycles. The summed E-state index contributed by atoms with van der Waals surface area (Å²) in [5, 5.41) is 24.1. The van der Waals surface area contributed by atoms with Crippen molar-refractivity contribution in [2.24, 2.45) is 0 Å². The molecule has 3 heterocycles. The number of halogens is 1. The zero-order valence-corrected chi connectivity index (χ0v) is 16.6. The van der Waals surface area contributed by atoms with Crippen LogP contribution in [0.3, 0.4) is 0 Å². The molecule has 1 unspecified atom stereocenters. The summed E-state index contributed by atoms with van der Waals surface area (Å²) in [6, 6.07) is 7.30. The molecule has 0 amide bonds. The molecule has 2 atom stereocenters. The van der Waals surface area contributed by atoms with Crippen LogP contribution in [0.4, 0.5) is 6.01 Å². The van der Waals surface area contributed by atoms with Gasteiger partial charge in [0.05, 0.1) is 11.8 Å². The lowest BCUT2D eigenvalue weighted by Gasteiger charge is -2.34. The Balaban J connectivity index is 1.61. The Morgan fingerprint density at radius 3 is 2.86 bits per heavy atom. The topological polar surface area (TPSA) is 94.7 Å².